The number of aliphatic carboxylic acids is 2. The van der Waals surface area contributed by atoms with Crippen LogP contribution in [0.5, 0.6) is 0 Å². The van der Waals surface area contributed by atoms with Crippen LogP contribution in [0.4, 0.5) is 17.1 Å². The van der Waals surface area contributed by atoms with E-state index in [1.165, 1.54) is 0 Å². The standard InChI is InChI=1S/C26H26ClNO3.C23H27NO5.C22H25NO5/c27-22-16-14-19(15-17-22)18-25(29)28-24-13-7-5-11-21(24)10-3-1-2-8-20-9-4-6-12-23(20)26(30)31;25-21(15-8-16-22(26)27)24-20-14-7-5-12-18(20)11-3-1-2-9-17-10-4-6-13-19(17)23(28)29;24-20(14-15-21(25)26)23-19-13-7-5-11-17(19)10-3-1-2-8-16-9-4-6-12-18(16)22(27)28/h4-7,9,11-17H,1-3,8,10,18H2,(H,28,29)(H,30,31);4-7,10,12-14H,1-3,8-9,11,15-16H2,(H,24,25)(H,26,27)(H,28,29);4-7,9,11-13H,1-3,8,10,14-15H2,(H,23,24)(H,25,26)(H,27,28). The number of benzene rings is 7. The fourth-order valence-corrected chi connectivity index (χ4v) is 10.00. The number of hydrogen-bond acceptors (Lipinski definition) is 8. The van der Waals surface area contributed by atoms with Gasteiger partial charge in [-0.15, -0.1) is 0 Å². The summed E-state index contributed by atoms with van der Waals surface area (Å²) in [6.45, 7) is 0. The molecule has 88 heavy (non-hydrogen) atoms. The van der Waals surface area contributed by atoms with Crippen LogP contribution in [0.3, 0.4) is 0 Å². The predicted octanol–water partition coefficient (Wildman–Crippen LogP) is 14.9. The molecule has 0 saturated heterocycles. The van der Waals surface area contributed by atoms with E-state index in [-0.39, 0.29) is 43.4 Å². The van der Waals surface area contributed by atoms with Crippen molar-refractivity contribution in [2.75, 3.05) is 16.0 Å². The average Bonchev–Trinajstić information content (AvgIpc) is 3.67. The monoisotopic (exact) mass is 1220 g/mol. The van der Waals surface area contributed by atoms with E-state index in [0.29, 0.717) is 40.2 Å². The molecule has 16 nitrogen and oxygen atoms in total. The SMILES string of the molecule is O=C(Cc1ccc(Cl)cc1)Nc1ccccc1CCCCCc1ccccc1C(=O)O.O=C(O)CCC(=O)Nc1ccccc1CCCCCc1ccccc1C(=O)O.O=C(O)CCCC(=O)Nc1ccccc1CCCCCc1ccccc1C(=O)O. The Kier molecular flexibility index (Phi) is 30.4. The minimum absolute atomic E-state index is 0.0138. The molecule has 0 unspecified atom stereocenters. The fraction of sp³-hybridized carbons (Fsp3) is 0.296. The Balaban J connectivity index is 0.000000241. The molecular weight excluding hydrogens is 1140 g/mol. The zero-order valence-corrected chi connectivity index (χ0v) is 50.2. The molecule has 462 valence electrons. The molecule has 7 aromatic carbocycles. The van der Waals surface area contributed by atoms with Crippen LogP contribution in [0.2, 0.25) is 5.02 Å². The Bertz CT molecular complexity index is 3420. The topological polar surface area (TPSA) is 274 Å². The summed E-state index contributed by atoms with van der Waals surface area (Å²) in [5.74, 6) is -5.10. The number of aryl methyl sites for hydroxylation is 6. The Labute approximate surface area is 519 Å². The minimum Gasteiger partial charge on any atom is -0.481 e. The summed E-state index contributed by atoms with van der Waals surface area (Å²) >= 11 is 5.90. The summed E-state index contributed by atoms with van der Waals surface area (Å²) in [5.41, 5.74) is 10.1. The van der Waals surface area contributed by atoms with E-state index >= 15 is 0 Å². The number of rotatable bonds is 33. The normalized spacial score (nSPS) is 10.5. The zero-order valence-electron chi connectivity index (χ0n) is 49.4. The van der Waals surface area contributed by atoms with Gasteiger partial charge in [-0.3, -0.25) is 24.0 Å². The lowest BCUT2D eigenvalue weighted by atomic mass is 9.99. The maximum Gasteiger partial charge on any atom is 0.335 e. The van der Waals surface area contributed by atoms with Gasteiger partial charge in [0.2, 0.25) is 17.7 Å². The molecular formula is C71H78ClN3O13. The first-order valence-electron chi connectivity index (χ1n) is 29.7. The number of anilines is 3. The summed E-state index contributed by atoms with van der Waals surface area (Å²) in [6, 6.07) is 51.6. The maximum atomic E-state index is 12.4. The lowest BCUT2D eigenvalue weighted by molar-refractivity contribution is -0.138. The predicted molar refractivity (Wildman–Crippen MR) is 343 cm³/mol. The van der Waals surface area contributed by atoms with Gasteiger partial charge < -0.3 is 41.5 Å². The maximum absolute atomic E-state index is 12.4. The highest BCUT2D eigenvalue weighted by atomic mass is 35.5. The van der Waals surface area contributed by atoms with Gasteiger partial charge in [-0.25, -0.2) is 14.4 Å². The van der Waals surface area contributed by atoms with Crippen molar-refractivity contribution in [2.24, 2.45) is 0 Å². The van der Waals surface area contributed by atoms with Crippen LogP contribution in [0.15, 0.2) is 170 Å². The molecule has 0 atom stereocenters. The number of aromatic carboxylic acids is 3. The van der Waals surface area contributed by atoms with Crippen molar-refractivity contribution in [1.29, 1.82) is 0 Å². The first-order valence-corrected chi connectivity index (χ1v) is 30.1. The zero-order chi connectivity index (χ0) is 63.5. The third-order valence-electron chi connectivity index (χ3n) is 14.4. The Morgan fingerprint density at radius 3 is 0.932 bits per heavy atom. The van der Waals surface area contributed by atoms with Crippen LogP contribution in [0.25, 0.3) is 0 Å². The summed E-state index contributed by atoms with van der Waals surface area (Å²) in [7, 11) is 0. The van der Waals surface area contributed by atoms with E-state index in [0.717, 1.165) is 147 Å². The molecule has 0 fully saturated rings. The van der Waals surface area contributed by atoms with Crippen molar-refractivity contribution >= 4 is 76.2 Å². The van der Waals surface area contributed by atoms with E-state index in [2.05, 4.69) is 16.0 Å². The quantitative estimate of drug-likeness (QED) is 0.0178. The number of carboxylic acids is 5. The molecule has 0 aliphatic rings. The molecule has 0 radical (unpaired) electrons. The summed E-state index contributed by atoms with van der Waals surface area (Å²) in [4.78, 5) is 91.3. The number of carboxylic acid groups (broad SMARTS) is 5. The first-order chi connectivity index (χ1) is 42.5. The third-order valence-corrected chi connectivity index (χ3v) is 14.7. The highest BCUT2D eigenvalue weighted by Gasteiger charge is 2.15. The second-order valence-electron chi connectivity index (χ2n) is 21.1. The van der Waals surface area contributed by atoms with Crippen LogP contribution in [-0.4, -0.2) is 73.1 Å². The van der Waals surface area contributed by atoms with Gasteiger partial charge in [0.25, 0.3) is 0 Å². The van der Waals surface area contributed by atoms with Gasteiger partial charge in [0.1, 0.15) is 0 Å². The molecule has 0 spiro atoms. The molecule has 3 amide bonds. The van der Waals surface area contributed by atoms with Gasteiger partial charge in [-0.1, -0.05) is 152 Å². The molecule has 0 bridgehead atoms. The van der Waals surface area contributed by atoms with Crippen molar-refractivity contribution in [3.63, 3.8) is 0 Å². The summed E-state index contributed by atoms with van der Waals surface area (Å²) < 4.78 is 0. The molecule has 17 heteroatoms. The minimum atomic E-state index is -0.993. The Morgan fingerprint density at radius 1 is 0.295 bits per heavy atom. The van der Waals surface area contributed by atoms with Gasteiger partial charge in [0, 0.05) is 41.3 Å². The van der Waals surface area contributed by atoms with E-state index in [4.69, 9.17) is 21.8 Å². The second kappa shape index (κ2) is 38.6. The van der Waals surface area contributed by atoms with Crippen LogP contribution in [-0.2, 0) is 68.9 Å². The first kappa shape index (κ1) is 69.4. The van der Waals surface area contributed by atoms with Crippen molar-refractivity contribution in [3.8, 4) is 0 Å². The third kappa shape index (κ3) is 26.1. The molecule has 8 N–H and O–H groups in total. The number of unbranched alkanes of at least 4 members (excludes halogenated alkanes) is 6. The highest BCUT2D eigenvalue weighted by Crippen LogP contribution is 2.24. The highest BCUT2D eigenvalue weighted by molar-refractivity contribution is 6.30. The van der Waals surface area contributed by atoms with Crippen LogP contribution < -0.4 is 16.0 Å². The van der Waals surface area contributed by atoms with Gasteiger partial charge in [0.05, 0.1) is 29.5 Å². The lowest BCUT2D eigenvalue weighted by Crippen LogP contribution is -2.15. The number of carbonyl (C=O) groups is 8. The number of para-hydroxylation sites is 3. The van der Waals surface area contributed by atoms with Gasteiger partial charge in [0.15, 0.2) is 0 Å². The van der Waals surface area contributed by atoms with E-state index in [1.807, 2.05) is 121 Å². The largest absolute Gasteiger partial charge is 0.481 e. The summed E-state index contributed by atoms with van der Waals surface area (Å²) in [6.07, 6.45) is 13.6. The molecule has 0 aliphatic carbocycles. The molecule has 0 aromatic heterocycles. The Morgan fingerprint density at radius 2 is 0.591 bits per heavy atom. The van der Waals surface area contributed by atoms with Gasteiger partial charge in [-0.2, -0.15) is 0 Å². The number of carbonyl (C=O) groups excluding carboxylic acids is 3. The number of hydrogen-bond donors (Lipinski definition) is 8. The number of nitrogens with one attached hydrogen (secondary N) is 3. The van der Waals surface area contributed by atoms with Crippen molar-refractivity contribution in [1.82, 2.24) is 0 Å². The van der Waals surface area contributed by atoms with Crippen LogP contribution in [0.1, 0.15) is 160 Å². The molecule has 7 aromatic rings. The van der Waals surface area contributed by atoms with Crippen molar-refractivity contribution in [3.05, 3.63) is 231 Å². The Hall–Kier alpha value is -9.41. The smallest absolute Gasteiger partial charge is 0.335 e. The average molecular weight is 1220 g/mol. The lowest BCUT2D eigenvalue weighted by Gasteiger charge is -2.11. The fourth-order valence-electron chi connectivity index (χ4n) is 9.87. The summed E-state index contributed by atoms with van der Waals surface area (Å²) in [5, 5.41) is 54.4. The molecule has 0 heterocycles. The van der Waals surface area contributed by atoms with E-state index in [1.54, 1.807) is 48.5 Å². The van der Waals surface area contributed by atoms with Gasteiger partial charge in [-0.05, 0) is 171 Å². The number of amides is 3. The van der Waals surface area contributed by atoms with Crippen molar-refractivity contribution < 1.29 is 63.9 Å². The van der Waals surface area contributed by atoms with Crippen LogP contribution >= 0.6 is 11.6 Å². The molecule has 7 rings (SSSR count). The van der Waals surface area contributed by atoms with E-state index < -0.39 is 29.8 Å². The van der Waals surface area contributed by atoms with E-state index in [9.17, 15) is 53.7 Å². The number of halogens is 1. The van der Waals surface area contributed by atoms with Crippen molar-refractivity contribution in [2.45, 2.75) is 135 Å². The molecule has 0 aliphatic heterocycles. The molecule has 0 saturated carbocycles. The van der Waals surface area contributed by atoms with Crippen LogP contribution in [0, 0.1) is 0 Å². The second-order valence-corrected chi connectivity index (χ2v) is 21.6. The van der Waals surface area contributed by atoms with Gasteiger partial charge >= 0.3 is 29.8 Å².